The summed E-state index contributed by atoms with van der Waals surface area (Å²) in [5.41, 5.74) is 2.67. The van der Waals surface area contributed by atoms with Crippen molar-refractivity contribution in [2.24, 2.45) is 0 Å². The highest BCUT2D eigenvalue weighted by molar-refractivity contribution is 6.31. The quantitative estimate of drug-likeness (QED) is 0.751. The number of carboxylic acids is 1. The summed E-state index contributed by atoms with van der Waals surface area (Å²) in [4.78, 5) is 14.6. The molecule has 100 valence electrons. The number of aliphatic carboxylic acids is 1. The number of hydrogen-bond acceptors (Lipinski definition) is 2. The maximum atomic E-state index is 11.3. The molecule has 4 nitrogen and oxygen atoms in total. The molecule has 1 aliphatic rings. The van der Waals surface area contributed by atoms with E-state index in [1.807, 2.05) is 32.0 Å². The largest absolute Gasteiger partial charge is 0.480 e. The summed E-state index contributed by atoms with van der Waals surface area (Å²) < 4.78 is 0. The van der Waals surface area contributed by atoms with Crippen LogP contribution in [-0.4, -0.2) is 22.1 Å². The fraction of sp³-hybridized carbons (Fsp3) is 0.357. The monoisotopic (exact) mass is 278 g/mol. The lowest BCUT2D eigenvalue weighted by Crippen LogP contribution is -2.52. The molecule has 0 saturated heterocycles. The molecule has 19 heavy (non-hydrogen) atoms. The normalized spacial score (nSPS) is 21.3. The minimum atomic E-state index is -0.818. The zero-order valence-electron chi connectivity index (χ0n) is 10.7. The van der Waals surface area contributed by atoms with E-state index in [1.165, 1.54) is 0 Å². The van der Waals surface area contributed by atoms with Crippen molar-refractivity contribution in [3.8, 4) is 0 Å². The average molecular weight is 279 g/mol. The second-order valence-electron chi connectivity index (χ2n) is 5.53. The molecule has 1 unspecified atom stereocenters. The fourth-order valence-electron chi connectivity index (χ4n) is 2.89. The van der Waals surface area contributed by atoms with Gasteiger partial charge in [-0.2, -0.15) is 0 Å². The number of nitrogens with one attached hydrogen (secondary N) is 2. The highest BCUT2D eigenvalue weighted by Crippen LogP contribution is 2.35. The van der Waals surface area contributed by atoms with Crippen molar-refractivity contribution in [1.82, 2.24) is 10.3 Å². The molecule has 2 heterocycles. The van der Waals surface area contributed by atoms with Gasteiger partial charge in [-0.1, -0.05) is 17.7 Å². The Hall–Kier alpha value is -1.52. The first-order chi connectivity index (χ1) is 8.88. The van der Waals surface area contributed by atoms with Gasteiger partial charge in [0, 0.05) is 28.0 Å². The van der Waals surface area contributed by atoms with Crippen LogP contribution in [0.15, 0.2) is 18.2 Å². The minimum absolute atomic E-state index is 0.401. The van der Waals surface area contributed by atoms with Crippen molar-refractivity contribution in [2.45, 2.75) is 31.8 Å². The Kier molecular flexibility index (Phi) is 2.62. The van der Waals surface area contributed by atoms with Crippen LogP contribution in [0.4, 0.5) is 0 Å². The number of aromatic amines is 1. The lowest BCUT2D eigenvalue weighted by Gasteiger charge is -2.35. The number of carboxylic acid groups (broad SMARTS) is 1. The second-order valence-corrected chi connectivity index (χ2v) is 5.97. The van der Waals surface area contributed by atoms with Gasteiger partial charge in [0.2, 0.25) is 0 Å². The Morgan fingerprint density at radius 3 is 2.89 bits per heavy atom. The van der Waals surface area contributed by atoms with Gasteiger partial charge in [0.15, 0.2) is 0 Å². The molecule has 0 bridgehead atoms. The van der Waals surface area contributed by atoms with Crippen LogP contribution in [0.1, 0.15) is 25.1 Å². The van der Waals surface area contributed by atoms with Crippen LogP contribution in [0.5, 0.6) is 0 Å². The molecule has 1 aromatic heterocycles. The van der Waals surface area contributed by atoms with Crippen LogP contribution in [0.3, 0.4) is 0 Å². The molecular formula is C14H15ClN2O2. The number of halogens is 1. The van der Waals surface area contributed by atoms with E-state index >= 15 is 0 Å². The summed E-state index contributed by atoms with van der Waals surface area (Å²) in [5, 5.41) is 14.1. The van der Waals surface area contributed by atoms with Crippen molar-refractivity contribution < 1.29 is 9.90 Å². The van der Waals surface area contributed by atoms with Gasteiger partial charge in [-0.15, -0.1) is 0 Å². The third-order valence-corrected chi connectivity index (χ3v) is 3.97. The number of hydrogen-bond donors (Lipinski definition) is 3. The molecule has 3 rings (SSSR count). The molecule has 1 aliphatic heterocycles. The fourth-order valence-corrected chi connectivity index (χ4v) is 3.06. The van der Waals surface area contributed by atoms with E-state index in [4.69, 9.17) is 11.6 Å². The van der Waals surface area contributed by atoms with Gasteiger partial charge < -0.3 is 10.1 Å². The molecule has 5 heteroatoms. The predicted octanol–water partition coefficient (Wildman–Crippen LogP) is 2.66. The summed E-state index contributed by atoms with van der Waals surface area (Å²) in [6, 6.07) is 5.11. The van der Waals surface area contributed by atoms with Crippen molar-refractivity contribution in [1.29, 1.82) is 0 Å². The van der Waals surface area contributed by atoms with Crippen molar-refractivity contribution in [3.05, 3.63) is 34.5 Å². The Morgan fingerprint density at radius 2 is 2.21 bits per heavy atom. The van der Waals surface area contributed by atoms with Gasteiger partial charge in [-0.05, 0) is 31.5 Å². The van der Waals surface area contributed by atoms with E-state index in [1.54, 1.807) is 0 Å². The van der Waals surface area contributed by atoms with Crippen LogP contribution < -0.4 is 5.32 Å². The summed E-state index contributed by atoms with van der Waals surface area (Å²) in [7, 11) is 0. The van der Waals surface area contributed by atoms with Gasteiger partial charge in [-0.25, -0.2) is 0 Å². The lowest BCUT2D eigenvalue weighted by atomic mass is 9.86. The molecule has 2 aromatic rings. The topological polar surface area (TPSA) is 65.1 Å². The first kappa shape index (κ1) is 12.5. The standard InChI is InChI=1S/C14H15ClN2O2/c1-14(2)12-9(6-11(17-14)13(18)19)8-4-3-7(15)5-10(8)16-12/h3-5,11,16-17H,6H2,1-2H3,(H,18,19). The number of rotatable bonds is 1. The number of benzene rings is 1. The van der Waals surface area contributed by atoms with E-state index in [9.17, 15) is 9.90 Å². The molecule has 1 atom stereocenters. The summed E-state index contributed by atoms with van der Waals surface area (Å²) >= 11 is 6.00. The third kappa shape index (κ3) is 1.91. The molecule has 3 N–H and O–H groups in total. The van der Waals surface area contributed by atoms with Crippen LogP contribution in [-0.2, 0) is 16.8 Å². The van der Waals surface area contributed by atoms with Gasteiger partial charge >= 0.3 is 5.97 Å². The summed E-state index contributed by atoms with van der Waals surface area (Å²) in [6.07, 6.45) is 0.482. The zero-order chi connectivity index (χ0) is 13.8. The predicted molar refractivity (Wildman–Crippen MR) is 74.6 cm³/mol. The zero-order valence-corrected chi connectivity index (χ0v) is 11.5. The Balaban J connectivity index is 2.23. The number of fused-ring (bicyclic) bond motifs is 3. The van der Waals surface area contributed by atoms with E-state index in [0.717, 1.165) is 22.2 Å². The summed E-state index contributed by atoms with van der Waals surface area (Å²) in [5.74, 6) is -0.818. The van der Waals surface area contributed by atoms with Gasteiger partial charge in [0.1, 0.15) is 6.04 Å². The highest BCUT2D eigenvalue weighted by atomic mass is 35.5. The Labute approximate surface area is 115 Å². The molecule has 0 saturated carbocycles. The van der Waals surface area contributed by atoms with E-state index in [2.05, 4.69) is 10.3 Å². The molecule has 1 aromatic carbocycles. The third-order valence-electron chi connectivity index (χ3n) is 3.73. The second kappa shape index (κ2) is 3.99. The molecule has 0 fully saturated rings. The maximum absolute atomic E-state index is 11.3. The van der Waals surface area contributed by atoms with Crippen molar-refractivity contribution >= 4 is 28.5 Å². The SMILES string of the molecule is CC1(C)NC(C(=O)O)Cc2c1[nH]c1cc(Cl)ccc21. The smallest absolute Gasteiger partial charge is 0.321 e. The maximum Gasteiger partial charge on any atom is 0.321 e. The molecule has 0 spiro atoms. The molecular weight excluding hydrogens is 264 g/mol. The van der Waals surface area contributed by atoms with Gasteiger partial charge in [-0.3, -0.25) is 10.1 Å². The summed E-state index contributed by atoms with van der Waals surface area (Å²) in [6.45, 7) is 3.97. The Bertz CT molecular complexity index is 675. The number of carbonyl (C=O) groups is 1. The number of aromatic nitrogens is 1. The lowest BCUT2D eigenvalue weighted by molar-refractivity contribution is -0.140. The highest BCUT2D eigenvalue weighted by Gasteiger charge is 2.37. The van der Waals surface area contributed by atoms with Crippen LogP contribution in [0.25, 0.3) is 10.9 Å². The van der Waals surface area contributed by atoms with Gasteiger partial charge in [0.25, 0.3) is 0 Å². The number of H-pyrrole nitrogens is 1. The molecule has 0 radical (unpaired) electrons. The average Bonchev–Trinajstić information content (AvgIpc) is 2.67. The van der Waals surface area contributed by atoms with Crippen molar-refractivity contribution in [2.75, 3.05) is 0 Å². The first-order valence-corrected chi connectivity index (χ1v) is 6.57. The van der Waals surface area contributed by atoms with E-state index < -0.39 is 17.6 Å². The van der Waals surface area contributed by atoms with Gasteiger partial charge in [0.05, 0.1) is 5.54 Å². The van der Waals surface area contributed by atoms with E-state index in [0.29, 0.717) is 11.4 Å². The Morgan fingerprint density at radius 1 is 1.47 bits per heavy atom. The van der Waals surface area contributed by atoms with Crippen LogP contribution in [0.2, 0.25) is 5.02 Å². The van der Waals surface area contributed by atoms with Crippen molar-refractivity contribution in [3.63, 3.8) is 0 Å². The van der Waals surface area contributed by atoms with Crippen LogP contribution >= 0.6 is 11.6 Å². The van der Waals surface area contributed by atoms with E-state index in [-0.39, 0.29) is 0 Å². The minimum Gasteiger partial charge on any atom is -0.480 e. The van der Waals surface area contributed by atoms with Crippen LogP contribution in [0, 0.1) is 0 Å². The molecule has 0 amide bonds. The first-order valence-electron chi connectivity index (χ1n) is 6.19. The molecule has 0 aliphatic carbocycles.